The molecule has 126 valence electrons. The van der Waals surface area contributed by atoms with E-state index in [-0.39, 0.29) is 29.6 Å². The number of rotatable bonds is 5. The molecule has 1 saturated carbocycles. The monoisotopic (exact) mass is 335 g/mol. The van der Waals surface area contributed by atoms with E-state index in [0.717, 1.165) is 5.56 Å². The molecule has 1 aliphatic carbocycles. The molecule has 1 aliphatic rings. The van der Waals surface area contributed by atoms with Crippen molar-refractivity contribution in [2.24, 2.45) is 5.92 Å². The van der Waals surface area contributed by atoms with E-state index in [2.05, 4.69) is 5.32 Å². The molecule has 3 unspecified atom stereocenters. The second kappa shape index (κ2) is 6.55. The average molecular weight is 335 g/mol. The number of furan rings is 1. The summed E-state index contributed by atoms with van der Waals surface area (Å²) in [7, 11) is 0. The maximum absolute atomic E-state index is 13.9. The maximum atomic E-state index is 13.9. The van der Waals surface area contributed by atoms with E-state index in [1.165, 1.54) is 6.07 Å². The van der Waals surface area contributed by atoms with Crippen LogP contribution in [0.2, 0.25) is 0 Å². The Labute approximate surface area is 145 Å². The minimum atomic E-state index is -0.342. The highest BCUT2D eigenvalue weighted by Crippen LogP contribution is 2.48. The molecule has 0 radical (unpaired) electrons. The van der Waals surface area contributed by atoms with Crippen LogP contribution in [0, 0.1) is 11.7 Å². The number of benzene rings is 2. The molecule has 0 spiro atoms. The van der Waals surface area contributed by atoms with Crippen molar-refractivity contribution in [2.45, 2.75) is 18.4 Å². The number of hydrogen-bond acceptors (Lipinski definition) is 2. The fraction of sp³-hybridized carbons (Fsp3) is 0.190. The first-order valence-corrected chi connectivity index (χ1v) is 8.37. The number of hydrogen-bond donors (Lipinski definition) is 1. The lowest BCUT2D eigenvalue weighted by molar-refractivity contribution is -0.123. The Kier molecular flexibility index (Phi) is 4.10. The molecular weight excluding hydrogens is 317 g/mol. The topological polar surface area (TPSA) is 42.2 Å². The molecule has 0 aliphatic heterocycles. The summed E-state index contributed by atoms with van der Waals surface area (Å²) in [6, 6.07) is 19.7. The van der Waals surface area contributed by atoms with E-state index < -0.39 is 0 Å². The minimum absolute atomic E-state index is 0.0470. The maximum Gasteiger partial charge on any atom is 0.224 e. The summed E-state index contributed by atoms with van der Waals surface area (Å²) in [5.74, 6) is 0.127. The molecule has 3 aromatic rings. The number of carbonyl (C=O) groups excluding carboxylic acids is 1. The Balaban J connectivity index is 1.52. The van der Waals surface area contributed by atoms with E-state index >= 15 is 0 Å². The van der Waals surface area contributed by atoms with Crippen LogP contribution in [-0.4, -0.2) is 5.91 Å². The number of amides is 1. The standard InChI is InChI=1S/C21H18FNO2/c22-18-10-5-4-9-15(18)16-13-17(16)21(24)23-20(19-11-6-12-25-19)14-7-2-1-3-8-14/h1-12,16-17,20H,13H2,(H,23,24). The molecule has 3 atom stereocenters. The van der Waals surface area contributed by atoms with E-state index in [0.29, 0.717) is 17.7 Å². The first kappa shape index (κ1) is 15.6. The molecule has 0 bridgehead atoms. The largest absolute Gasteiger partial charge is 0.467 e. The van der Waals surface area contributed by atoms with Crippen LogP contribution in [0.1, 0.15) is 35.3 Å². The van der Waals surface area contributed by atoms with Gasteiger partial charge in [-0.3, -0.25) is 4.79 Å². The first-order valence-electron chi connectivity index (χ1n) is 8.37. The lowest BCUT2D eigenvalue weighted by Gasteiger charge is -2.17. The third kappa shape index (κ3) is 3.20. The Hall–Kier alpha value is -2.88. The second-order valence-electron chi connectivity index (χ2n) is 6.34. The highest BCUT2D eigenvalue weighted by molar-refractivity contribution is 5.83. The van der Waals surface area contributed by atoms with Gasteiger partial charge in [-0.15, -0.1) is 0 Å². The summed E-state index contributed by atoms with van der Waals surface area (Å²) in [6.45, 7) is 0. The van der Waals surface area contributed by atoms with Crippen LogP contribution in [0.25, 0.3) is 0 Å². The zero-order chi connectivity index (χ0) is 17.2. The Morgan fingerprint density at radius 2 is 1.80 bits per heavy atom. The van der Waals surface area contributed by atoms with Gasteiger partial charge in [-0.2, -0.15) is 0 Å². The Morgan fingerprint density at radius 3 is 2.52 bits per heavy atom. The van der Waals surface area contributed by atoms with Gasteiger partial charge in [0.05, 0.1) is 6.26 Å². The molecule has 25 heavy (non-hydrogen) atoms. The molecular formula is C21H18FNO2. The lowest BCUT2D eigenvalue weighted by Crippen LogP contribution is -2.30. The van der Waals surface area contributed by atoms with E-state index in [4.69, 9.17) is 4.42 Å². The zero-order valence-corrected chi connectivity index (χ0v) is 13.6. The third-order valence-electron chi connectivity index (χ3n) is 4.68. The van der Waals surface area contributed by atoms with Gasteiger partial charge in [0.15, 0.2) is 0 Å². The van der Waals surface area contributed by atoms with Gasteiger partial charge in [0.1, 0.15) is 17.6 Å². The predicted octanol–water partition coefficient (Wildman–Crippen LogP) is 4.43. The van der Waals surface area contributed by atoms with Crippen LogP contribution >= 0.6 is 0 Å². The third-order valence-corrected chi connectivity index (χ3v) is 4.68. The average Bonchev–Trinajstić information content (AvgIpc) is 3.25. The van der Waals surface area contributed by atoms with E-state index in [9.17, 15) is 9.18 Å². The van der Waals surface area contributed by atoms with Gasteiger partial charge < -0.3 is 9.73 Å². The Bertz CT molecular complexity index is 861. The van der Waals surface area contributed by atoms with Crippen molar-refractivity contribution in [3.8, 4) is 0 Å². The van der Waals surface area contributed by atoms with Crippen molar-refractivity contribution in [3.05, 3.63) is 95.7 Å². The predicted molar refractivity (Wildman–Crippen MR) is 92.4 cm³/mol. The molecule has 3 nitrogen and oxygen atoms in total. The van der Waals surface area contributed by atoms with Gasteiger partial charge in [0.2, 0.25) is 5.91 Å². The number of carbonyl (C=O) groups is 1. The molecule has 1 amide bonds. The molecule has 4 heteroatoms. The zero-order valence-electron chi connectivity index (χ0n) is 13.6. The van der Waals surface area contributed by atoms with Crippen LogP contribution < -0.4 is 5.32 Å². The quantitative estimate of drug-likeness (QED) is 0.749. The Morgan fingerprint density at radius 1 is 1.04 bits per heavy atom. The van der Waals surface area contributed by atoms with Crippen molar-refractivity contribution in [2.75, 3.05) is 0 Å². The molecule has 4 rings (SSSR count). The second-order valence-corrected chi connectivity index (χ2v) is 6.34. The van der Waals surface area contributed by atoms with E-state index in [1.807, 2.05) is 36.4 Å². The summed E-state index contributed by atoms with van der Waals surface area (Å²) < 4.78 is 19.4. The highest BCUT2D eigenvalue weighted by Gasteiger charge is 2.45. The fourth-order valence-corrected chi connectivity index (χ4v) is 3.27. The van der Waals surface area contributed by atoms with Crippen molar-refractivity contribution < 1.29 is 13.6 Å². The van der Waals surface area contributed by atoms with Crippen LogP contribution in [0.3, 0.4) is 0 Å². The van der Waals surface area contributed by atoms with Crippen molar-refractivity contribution >= 4 is 5.91 Å². The van der Waals surface area contributed by atoms with Gasteiger partial charge in [0, 0.05) is 5.92 Å². The molecule has 1 N–H and O–H groups in total. The van der Waals surface area contributed by atoms with Crippen LogP contribution in [0.4, 0.5) is 4.39 Å². The van der Waals surface area contributed by atoms with Gasteiger partial charge in [-0.25, -0.2) is 4.39 Å². The van der Waals surface area contributed by atoms with Gasteiger partial charge in [0.25, 0.3) is 0 Å². The van der Waals surface area contributed by atoms with Crippen molar-refractivity contribution in [1.29, 1.82) is 0 Å². The number of nitrogens with one attached hydrogen (secondary N) is 1. The van der Waals surface area contributed by atoms with Crippen molar-refractivity contribution in [3.63, 3.8) is 0 Å². The lowest BCUT2D eigenvalue weighted by atomic mass is 10.0. The molecule has 1 fully saturated rings. The van der Waals surface area contributed by atoms with Gasteiger partial charge in [-0.05, 0) is 41.7 Å². The normalized spacial score (nSPS) is 20.0. The van der Waals surface area contributed by atoms with Crippen LogP contribution in [-0.2, 0) is 4.79 Å². The highest BCUT2D eigenvalue weighted by atomic mass is 19.1. The summed E-state index contributed by atoms with van der Waals surface area (Å²) in [5.41, 5.74) is 1.57. The molecule has 1 aromatic heterocycles. The summed E-state index contributed by atoms with van der Waals surface area (Å²) in [5, 5.41) is 3.06. The minimum Gasteiger partial charge on any atom is -0.467 e. The van der Waals surface area contributed by atoms with Crippen LogP contribution in [0.5, 0.6) is 0 Å². The summed E-state index contributed by atoms with van der Waals surface area (Å²) >= 11 is 0. The van der Waals surface area contributed by atoms with Gasteiger partial charge in [-0.1, -0.05) is 48.5 Å². The fourth-order valence-electron chi connectivity index (χ4n) is 3.27. The van der Waals surface area contributed by atoms with Gasteiger partial charge >= 0.3 is 0 Å². The van der Waals surface area contributed by atoms with Crippen LogP contribution in [0.15, 0.2) is 77.4 Å². The summed E-state index contributed by atoms with van der Waals surface area (Å²) in [6.07, 6.45) is 2.27. The molecule has 1 heterocycles. The molecule has 2 aromatic carbocycles. The smallest absolute Gasteiger partial charge is 0.224 e. The SMILES string of the molecule is O=C(NC(c1ccccc1)c1ccco1)C1CC1c1ccccc1F. The molecule has 0 saturated heterocycles. The van der Waals surface area contributed by atoms with E-state index in [1.54, 1.807) is 30.5 Å². The summed E-state index contributed by atoms with van der Waals surface area (Å²) in [4.78, 5) is 12.7. The van der Waals surface area contributed by atoms with Crippen molar-refractivity contribution in [1.82, 2.24) is 5.32 Å². The number of halogens is 1. The first-order chi connectivity index (χ1) is 12.2.